The first-order chi connectivity index (χ1) is 6.41. The van der Waals surface area contributed by atoms with Crippen molar-refractivity contribution in [3.8, 4) is 0 Å². The molecule has 0 aliphatic carbocycles. The second-order valence-corrected chi connectivity index (χ2v) is 3.66. The number of hydrogen-bond donors (Lipinski definition) is 1. The lowest BCUT2D eigenvalue weighted by Gasteiger charge is -2.00. The van der Waals surface area contributed by atoms with Crippen molar-refractivity contribution in [3.05, 3.63) is 12.7 Å². The van der Waals surface area contributed by atoms with Gasteiger partial charge in [0.2, 0.25) is 0 Å². The predicted octanol–water partition coefficient (Wildman–Crippen LogP) is 3.93. The zero-order valence-corrected chi connectivity index (χ0v) is 10.4. The average Bonchev–Trinajstić information content (AvgIpc) is 2.16. The van der Waals surface area contributed by atoms with Crippen LogP contribution in [0, 0.1) is 0 Å². The lowest BCUT2D eigenvalue weighted by Crippen LogP contribution is -2.06. The summed E-state index contributed by atoms with van der Waals surface area (Å²) in [6, 6.07) is 0. The van der Waals surface area contributed by atoms with Crippen LogP contribution in [0.5, 0.6) is 0 Å². The summed E-state index contributed by atoms with van der Waals surface area (Å²) < 4.78 is 0. The van der Waals surface area contributed by atoms with Gasteiger partial charge in [0.1, 0.15) is 0 Å². The molecule has 0 amide bonds. The van der Waals surface area contributed by atoms with Gasteiger partial charge in [-0.1, -0.05) is 38.2 Å². The first kappa shape index (κ1) is 16.4. The van der Waals surface area contributed by atoms with Gasteiger partial charge in [-0.25, -0.2) is 0 Å². The van der Waals surface area contributed by atoms with E-state index in [0.29, 0.717) is 0 Å². The molecule has 0 unspecified atom stereocenters. The molecule has 1 nitrogen and oxygen atoms in total. The van der Waals surface area contributed by atoms with Crippen molar-refractivity contribution >= 4 is 12.4 Å². The van der Waals surface area contributed by atoms with Crippen molar-refractivity contribution in [2.24, 2.45) is 0 Å². The molecular weight excluding hydrogens is 194 g/mol. The van der Waals surface area contributed by atoms with E-state index in [9.17, 15) is 0 Å². The van der Waals surface area contributed by atoms with Crippen LogP contribution in [0.15, 0.2) is 12.7 Å². The Kier molecular flexibility index (Phi) is 18.1. The van der Waals surface area contributed by atoms with Gasteiger partial charge in [-0.05, 0) is 32.9 Å². The topological polar surface area (TPSA) is 12.0 Å². The van der Waals surface area contributed by atoms with Crippen molar-refractivity contribution in [2.45, 2.75) is 51.4 Å². The van der Waals surface area contributed by atoms with E-state index in [4.69, 9.17) is 0 Å². The third-order valence-electron chi connectivity index (χ3n) is 2.34. The highest BCUT2D eigenvalue weighted by Gasteiger charge is 1.90. The lowest BCUT2D eigenvalue weighted by atomic mass is 10.1. The van der Waals surface area contributed by atoms with E-state index < -0.39 is 0 Å². The molecule has 0 radical (unpaired) electrons. The smallest absolute Gasteiger partial charge is 0.00519 e. The first-order valence-electron chi connectivity index (χ1n) is 5.67. The maximum absolute atomic E-state index is 3.72. The first-order valence-corrected chi connectivity index (χ1v) is 5.67. The molecule has 0 aromatic heterocycles. The second kappa shape index (κ2) is 15.5. The Hall–Kier alpha value is -0.0100. The molecule has 86 valence electrons. The van der Waals surface area contributed by atoms with E-state index in [-0.39, 0.29) is 12.4 Å². The third-order valence-corrected chi connectivity index (χ3v) is 2.34. The summed E-state index contributed by atoms with van der Waals surface area (Å²) in [5.74, 6) is 0. The summed E-state index contributed by atoms with van der Waals surface area (Å²) >= 11 is 0. The van der Waals surface area contributed by atoms with Crippen LogP contribution in [0.3, 0.4) is 0 Å². The molecule has 0 bridgehead atoms. The Balaban J connectivity index is 0. The van der Waals surface area contributed by atoms with E-state index in [1.54, 1.807) is 0 Å². The Morgan fingerprint density at radius 2 is 1.43 bits per heavy atom. The van der Waals surface area contributed by atoms with Gasteiger partial charge >= 0.3 is 0 Å². The van der Waals surface area contributed by atoms with E-state index >= 15 is 0 Å². The molecule has 0 aliphatic heterocycles. The fourth-order valence-corrected chi connectivity index (χ4v) is 1.47. The maximum atomic E-state index is 3.72. The van der Waals surface area contributed by atoms with Crippen molar-refractivity contribution in [2.75, 3.05) is 13.6 Å². The normalized spacial score (nSPS) is 9.50. The standard InChI is InChI=1S/C12H25N.ClH/c1-3-4-5-6-7-8-9-10-11-12-13-2;/h3,13H,1,4-12H2,2H3;1H. The molecule has 0 atom stereocenters. The van der Waals surface area contributed by atoms with Crippen LogP contribution in [0.4, 0.5) is 0 Å². The fourth-order valence-electron chi connectivity index (χ4n) is 1.47. The van der Waals surface area contributed by atoms with Crippen LogP contribution >= 0.6 is 12.4 Å². The Labute approximate surface area is 95.8 Å². The van der Waals surface area contributed by atoms with E-state index in [1.807, 2.05) is 13.1 Å². The van der Waals surface area contributed by atoms with E-state index in [2.05, 4.69) is 11.9 Å². The summed E-state index contributed by atoms with van der Waals surface area (Å²) in [7, 11) is 2.02. The number of halogens is 1. The minimum atomic E-state index is 0. The largest absolute Gasteiger partial charge is 0.320 e. The zero-order chi connectivity index (χ0) is 9.78. The van der Waals surface area contributed by atoms with E-state index in [0.717, 1.165) is 0 Å². The molecular formula is C12H26ClN. The van der Waals surface area contributed by atoms with Gasteiger partial charge < -0.3 is 5.32 Å². The van der Waals surface area contributed by atoms with Gasteiger partial charge in [0, 0.05) is 0 Å². The third kappa shape index (κ3) is 14.5. The summed E-state index contributed by atoms with van der Waals surface area (Å²) in [4.78, 5) is 0. The molecule has 0 saturated heterocycles. The average molecular weight is 220 g/mol. The van der Waals surface area contributed by atoms with Crippen molar-refractivity contribution in [1.82, 2.24) is 5.32 Å². The molecule has 0 spiro atoms. The summed E-state index contributed by atoms with van der Waals surface area (Å²) in [6.45, 7) is 4.90. The molecule has 0 heterocycles. The Bertz CT molecular complexity index is 104. The van der Waals surface area contributed by atoms with Crippen LogP contribution < -0.4 is 5.32 Å². The molecule has 1 N–H and O–H groups in total. The van der Waals surface area contributed by atoms with Gasteiger partial charge in [0.25, 0.3) is 0 Å². The van der Waals surface area contributed by atoms with Gasteiger partial charge in [-0.3, -0.25) is 0 Å². The highest BCUT2D eigenvalue weighted by Crippen LogP contribution is 2.08. The SMILES string of the molecule is C=CCCCCCCCCCNC.Cl. The van der Waals surface area contributed by atoms with Crippen molar-refractivity contribution in [3.63, 3.8) is 0 Å². The minimum Gasteiger partial charge on any atom is -0.320 e. The molecule has 2 heteroatoms. The minimum absolute atomic E-state index is 0. The second-order valence-electron chi connectivity index (χ2n) is 3.66. The van der Waals surface area contributed by atoms with Crippen LogP contribution in [0.2, 0.25) is 0 Å². The van der Waals surface area contributed by atoms with Crippen molar-refractivity contribution in [1.29, 1.82) is 0 Å². The van der Waals surface area contributed by atoms with Gasteiger partial charge in [-0.15, -0.1) is 19.0 Å². The monoisotopic (exact) mass is 219 g/mol. The van der Waals surface area contributed by atoms with Gasteiger partial charge in [-0.2, -0.15) is 0 Å². The van der Waals surface area contributed by atoms with Crippen LogP contribution in [-0.2, 0) is 0 Å². The molecule has 14 heavy (non-hydrogen) atoms. The molecule has 0 rings (SSSR count). The number of hydrogen-bond acceptors (Lipinski definition) is 1. The molecule has 0 fully saturated rings. The number of allylic oxidation sites excluding steroid dienone is 1. The Morgan fingerprint density at radius 1 is 0.929 bits per heavy atom. The highest BCUT2D eigenvalue weighted by atomic mass is 35.5. The van der Waals surface area contributed by atoms with Crippen LogP contribution in [0.25, 0.3) is 0 Å². The number of rotatable bonds is 10. The number of unbranched alkanes of at least 4 members (excludes halogenated alkanes) is 7. The molecule has 0 aliphatic rings. The van der Waals surface area contributed by atoms with Crippen LogP contribution in [0.1, 0.15) is 51.4 Å². The lowest BCUT2D eigenvalue weighted by molar-refractivity contribution is 0.572. The van der Waals surface area contributed by atoms with E-state index in [1.165, 1.54) is 57.9 Å². The van der Waals surface area contributed by atoms with Gasteiger partial charge in [0.15, 0.2) is 0 Å². The predicted molar refractivity (Wildman–Crippen MR) is 68.3 cm³/mol. The van der Waals surface area contributed by atoms with Gasteiger partial charge in [0.05, 0.1) is 0 Å². The van der Waals surface area contributed by atoms with Crippen molar-refractivity contribution < 1.29 is 0 Å². The molecule has 0 saturated carbocycles. The molecule has 0 aromatic carbocycles. The quantitative estimate of drug-likeness (QED) is 0.434. The van der Waals surface area contributed by atoms with Crippen LogP contribution in [-0.4, -0.2) is 13.6 Å². The summed E-state index contributed by atoms with van der Waals surface area (Å²) in [5, 5.41) is 3.18. The summed E-state index contributed by atoms with van der Waals surface area (Å²) in [5.41, 5.74) is 0. The Morgan fingerprint density at radius 3 is 1.93 bits per heavy atom. The maximum Gasteiger partial charge on any atom is -0.00519 e. The summed E-state index contributed by atoms with van der Waals surface area (Å²) in [6.07, 6.45) is 12.9. The zero-order valence-electron chi connectivity index (χ0n) is 9.56. The highest BCUT2D eigenvalue weighted by molar-refractivity contribution is 5.85. The number of nitrogens with one attached hydrogen (secondary N) is 1. The fraction of sp³-hybridized carbons (Fsp3) is 0.833. The molecule has 0 aromatic rings.